The van der Waals surface area contributed by atoms with Gasteiger partial charge in [-0.3, -0.25) is 19.1 Å². The first-order valence-electron chi connectivity index (χ1n) is 10.1. The number of carbonyl (C=O) groups is 2. The smallest absolute Gasteiger partial charge is 0.263 e. The minimum atomic E-state index is -0.457. The molecule has 1 aliphatic carbocycles. The van der Waals surface area contributed by atoms with E-state index in [0.29, 0.717) is 0 Å². The highest BCUT2D eigenvalue weighted by atomic mass is 16.2. The number of rotatable bonds is 6. The van der Waals surface area contributed by atoms with Crippen LogP contribution in [-0.2, 0) is 18.4 Å². The zero-order valence-corrected chi connectivity index (χ0v) is 17.3. The molecule has 0 radical (unpaired) electrons. The molecule has 2 heterocycles. The van der Waals surface area contributed by atoms with Gasteiger partial charge in [0.05, 0.1) is 11.7 Å². The molecule has 2 N–H and O–H groups in total. The normalized spacial score (nSPS) is 15.7. The Morgan fingerprint density at radius 3 is 2.66 bits per heavy atom. The molecule has 0 aliphatic heterocycles. The number of aromatic nitrogens is 3. The first-order chi connectivity index (χ1) is 13.8. The second kappa shape index (κ2) is 9.07. The fraction of sp³-hybridized carbons (Fsp3) is 0.524. The summed E-state index contributed by atoms with van der Waals surface area (Å²) in [6.07, 6.45) is 8.66. The van der Waals surface area contributed by atoms with Crippen LogP contribution in [0, 0.1) is 6.92 Å². The zero-order chi connectivity index (χ0) is 21.0. The van der Waals surface area contributed by atoms with Gasteiger partial charge in [-0.05, 0) is 38.8 Å². The third kappa shape index (κ3) is 5.13. The van der Waals surface area contributed by atoms with Crippen molar-refractivity contribution in [1.82, 2.24) is 25.0 Å². The number of hydrogen-bond donors (Lipinski definition) is 2. The summed E-state index contributed by atoms with van der Waals surface area (Å²) in [5.41, 5.74) is 1.39. The third-order valence-corrected chi connectivity index (χ3v) is 5.41. The predicted octanol–water partition coefficient (Wildman–Crippen LogP) is 1.83. The molecular formula is C21H29N5O3. The van der Waals surface area contributed by atoms with Gasteiger partial charge in [-0.25, -0.2) is 0 Å². The summed E-state index contributed by atoms with van der Waals surface area (Å²) in [4.78, 5) is 37.7. The fourth-order valence-electron chi connectivity index (χ4n) is 3.91. The van der Waals surface area contributed by atoms with Crippen molar-refractivity contribution in [2.24, 2.45) is 7.05 Å². The second-order valence-electron chi connectivity index (χ2n) is 7.80. The Balaban J connectivity index is 1.65. The van der Waals surface area contributed by atoms with Gasteiger partial charge in [-0.2, -0.15) is 5.10 Å². The summed E-state index contributed by atoms with van der Waals surface area (Å²) in [6, 6.07) is 3.02. The van der Waals surface area contributed by atoms with E-state index in [1.165, 1.54) is 23.3 Å². The lowest BCUT2D eigenvalue weighted by molar-refractivity contribution is -0.122. The summed E-state index contributed by atoms with van der Waals surface area (Å²) in [6.45, 7) is 3.61. The molecule has 3 rings (SSSR count). The van der Waals surface area contributed by atoms with Crippen molar-refractivity contribution >= 4 is 11.8 Å². The van der Waals surface area contributed by atoms with Gasteiger partial charge < -0.3 is 15.2 Å². The number of amides is 2. The molecular weight excluding hydrogens is 370 g/mol. The minimum absolute atomic E-state index is 0.0713. The largest absolute Gasteiger partial charge is 0.349 e. The molecule has 1 saturated carbocycles. The quantitative estimate of drug-likeness (QED) is 0.774. The van der Waals surface area contributed by atoms with Crippen molar-refractivity contribution < 1.29 is 9.59 Å². The van der Waals surface area contributed by atoms with Gasteiger partial charge in [0.15, 0.2) is 0 Å². The highest BCUT2D eigenvalue weighted by Crippen LogP contribution is 2.17. The molecule has 156 valence electrons. The van der Waals surface area contributed by atoms with Gasteiger partial charge in [-0.1, -0.05) is 19.3 Å². The Bertz CT molecular complexity index is 940. The molecule has 29 heavy (non-hydrogen) atoms. The molecule has 2 aromatic heterocycles. The van der Waals surface area contributed by atoms with Gasteiger partial charge in [0.2, 0.25) is 5.91 Å². The van der Waals surface area contributed by atoms with Crippen LogP contribution in [0.1, 0.15) is 66.7 Å². The molecule has 0 bridgehead atoms. The van der Waals surface area contributed by atoms with Gasteiger partial charge >= 0.3 is 0 Å². The molecule has 1 unspecified atom stereocenters. The van der Waals surface area contributed by atoms with Gasteiger partial charge in [0.25, 0.3) is 11.5 Å². The average molecular weight is 399 g/mol. The molecule has 1 fully saturated rings. The molecule has 2 amide bonds. The maximum Gasteiger partial charge on any atom is 0.263 e. The van der Waals surface area contributed by atoms with Crippen LogP contribution in [0.2, 0.25) is 0 Å². The molecule has 8 nitrogen and oxygen atoms in total. The first-order valence-corrected chi connectivity index (χ1v) is 10.1. The molecule has 0 aromatic carbocycles. The maximum atomic E-state index is 12.7. The minimum Gasteiger partial charge on any atom is -0.349 e. The van der Waals surface area contributed by atoms with Gasteiger partial charge in [0.1, 0.15) is 12.1 Å². The lowest BCUT2D eigenvalue weighted by atomic mass is 9.95. The van der Waals surface area contributed by atoms with Crippen LogP contribution in [0.15, 0.2) is 29.3 Å². The van der Waals surface area contributed by atoms with Crippen molar-refractivity contribution in [1.29, 1.82) is 0 Å². The van der Waals surface area contributed by atoms with Crippen LogP contribution in [0.3, 0.4) is 0 Å². The number of nitrogens with one attached hydrogen (secondary N) is 2. The van der Waals surface area contributed by atoms with E-state index < -0.39 is 5.56 Å². The Kier molecular flexibility index (Phi) is 6.51. The van der Waals surface area contributed by atoms with Crippen molar-refractivity contribution in [3.8, 4) is 0 Å². The number of nitrogens with zero attached hydrogens (tertiary/aromatic N) is 3. The van der Waals surface area contributed by atoms with Crippen LogP contribution < -0.4 is 16.2 Å². The Labute approximate surface area is 170 Å². The van der Waals surface area contributed by atoms with Crippen molar-refractivity contribution in [2.45, 2.75) is 64.6 Å². The van der Waals surface area contributed by atoms with Crippen molar-refractivity contribution in [3.05, 3.63) is 51.7 Å². The molecule has 8 heteroatoms. The van der Waals surface area contributed by atoms with Crippen LogP contribution in [-0.4, -0.2) is 32.2 Å². The highest BCUT2D eigenvalue weighted by molar-refractivity contribution is 5.94. The van der Waals surface area contributed by atoms with E-state index in [-0.39, 0.29) is 36.0 Å². The van der Waals surface area contributed by atoms with Crippen LogP contribution in [0.4, 0.5) is 0 Å². The van der Waals surface area contributed by atoms with Crippen LogP contribution >= 0.6 is 0 Å². The zero-order valence-electron chi connectivity index (χ0n) is 17.3. The Hall–Kier alpha value is -2.90. The lowest BCUT2D eigenvalue weighted by Gasteiger charge is -2.22. The molecule has 0 spiro atoms. The SMILES string of the molecule is Cc1nn(C)cc1C(C)NC(=O)Cn1cccc(C(=O)NC2CCCCC2)c1=O. The van der Waals surface area contributed by atoms with Crippen molar-refractivity contribution in [2.75, 3.05) is 0 Å². The summed E-state index contributed by atoms with van der Waals surface area (Å²) >= 11 is 0. The maximum absolute atomic E-state index is 12.7. The van der Waals surface area contributed by atoms with Crippen LogP contribution in [0.5, 0.6) is 0 Å². The molecule has 0 saturated heterocycles. The van der Waals surface area contributed by atoms with E-state index in [1.807, 2.05) is 27.1 Å². The Morgan fingerprint density at radius 2 is 2.00 bits per heavy atom. The van der Waals surface area contributed by atoms with Gasteiger partial charge in [-0.15, -0.1) is 0 Å². The topological polar surface area (TPSA) is 98.0 Å². The first kappa shape index (κ1) is 20.8. The van der Waals surface area contributed by atoms with E-state index in [0.717, 1.165) is 36.9 Å². The lowest BCUT2D eigenvalue weighted by Crippen LogP contribution is -2.41. The molecule has 1 aliphatic rings. The van der Waals surface area contributed by atoms with E-state index in [1.54, 1.807) is 10.7 Å². The van der Waals surface area contributed by atoms with E-state index in [2.05, 4.69) is 15.7 Å². The summed E-state index contributed by atoms with van der Waals surface area (Å²) in [5, 5.41) is 10.1. The number of pyridine rings is 1. The molecule has 1 atom stereocenters. The van der Waals surface area contributed by atoms with Crippen molar-refractivity contribution in [3.63, 3.8) is 0 Å². The summed E-state index contributed by atoms with van der Waals surface area (Å²) in [7, 11) is 1.83. The van der Waals surface area contributed by atoms with Gasteiger partial charge in [0, 0.05) is 31.0 Å². The van der Waals surface area contributed by atoms with E-state index in [4.69, 9.17) is 0 Å². The predicted molar refractivity (Wildman–Crippen MR) is 110 cm³/mol. The standard InChI is InChI=1S/C21H29N5O3/c1-14(18-12-25(3)24-15(18)2)22-19(27)13-26-11-7-10-17(21(26)29)20(28)23-16-8-5-4-6-9-16/h7,10-12,14,16H,4-6,8-9,13H2,1-3H3,(H,22,27)(H,23,28). The Morgan fingerprint density at radius 1 is 1.28 bits per heavy atom. The molecule has 2 aromatic rings. The third-order valence-electron chi connectivity index (χ3n) is 5.41. The number of carbonyl (C=O) groups excluding carboxylic acids is 2. The number of hydrogen-bond acceptors (Lipinski definition) is 4. The monoisotopic (exact) mass is 399 g/mol. The van der Waals surface area contributed by atoms with E-state index >= 15 is 0 Å². The van der Waals surface area contributed by atoms with Crippen LogP contribution in [0.25, 0.3) is 0 Å². The number of aryl methyl sites for hydroxylation is 2. The average Bonchev–Trinajstić information content (AvgIpc) is 3.02. The fourth-order valence-corrected chi connectivity index (χ4v) is 3.91. The summed E-state index contributed by atoms with van der Waals surface area (Å²) in [5.74, 6) is -0.663. The summed E-state index contributed by atoms with van der Waals surface area (Å²) < 4.78 is 2.97. The highest BCUT2D eigenvalue weighted by Gasteiger charge is 2.20. The second-order valence-corrected chi connectivity index (χ2v) is 7.80. The van der Waals surface area contributed by atoms with E-state index in [9.17, 15) is 14.4 Å².